The summed E-state index contributed by atoms with van der Waals surface area (Å²) in [6.45, 7) is 2.04. The van der Waals surface area contributed by atoms with Crippen LogP contribution in [0.3, 0.4) is 0 Å². The van der Waals surface area contributed by atoms with Gasteiger partial charge in [-0.1, -0.05) is 5.16 Å². The molecule has 0 aliphatic heterocycles. The van der Waals surface area contributed by atoms with E-state index in [2.05, 4.69) is 15.5 Å². The summed E-state index contributed by atoms with van der Waals surface area (Å²) in [5.74, 6) is 0.438. The highest BCUT2D eigenvalue weighted by molar-refractivity contribution is 5.99. The van der Waals surface area contributed by atoms with Crippen molar-refractivity contribution in [3.63, 3.8) is 0 Å². The van der Waals surface area contributed by atoms with Gasteiger partial charge in [0.05, 0.1) is 12.1 Å². The molecule has 5 N–H and O–H groups in total. The molecule has 7 nitrogen and oxygen atoms in total. The van der Waals surface area contributed by atoms with Gasteiger partial charge in [-0.2, -0.15) is 4.98 Å². The number of amides is 1. The van der Waals surface area contributed by atoms with Crippen LogP contribution in [0.4, 0.5) is 11.4 Å². The Balaban J connectivity index is 2.16. The molecule has 0 radical (unpaired) electrons. The maximum absolute atomic E-state index is 11.3. The third-order valence-corrected chi connectivity index (χ3v) is 2.32. The number of nitrogens with one attached hydrogen (secondary N) is 1. The average Bonchev–Trinajstić information content (AvgIpc) is 2.73. The number of hydrogen-bond acceptors (Lipinski definition) is 6. The summed E-state index contributed by atoms with van der Waals surface area (Å²) in [4.78, 5) is 15.3. The Labute approximate surface area is 103 Å². The van der Waals surface area contributed by atoms with E-state index < -0.39 is 5.91 Å². The SMILES string of the molecule is Cc1nc(CNc2ccc(N)cc2C(N)=O)no1. The number of primary amides is 1. The number of rotatable bonds is 4. The lowest BCUT2D eigenvalue weighted by molar-refractivity contribution is 0.100. The number of hydrogen-bond donors (Lipinski definition) is 3. The van der Waals surface area contributed by atoms with Gasteiger partial charge in [0.15, 0.2) is 5.82 Å². The molecule has 1 aromatic heterocycles. The van der Waals surface area contributed by atoms with Gasteiger partial charge >= 0.3 is 0 Å². The summed E-state index contributed by atoms with van der Waals surface area (Å²) in [6, 6.07) is 4.88. The largest absolute Gasteiger partial charge is 0.399 e. The molecule has 94 valence electrons. The van der Waals surface area contributed by atoms with Gasteiger partial charge in [-0.05, 0) is 18.2 Å². The highest BCUT2D eigenvalue weighted by Gasteiger charge is 2.09. The molecule has 2 rings (SSSR count). The zero-order chi connectivity index (χ0) is 13.1. The van der Waals surface area contributed by atoms with Crippen LogP contribution >= 0.6 is 0 Å². The Bertz CT molecular complexity index is 579. The fourth-order valence-electron chi connectivity index (χ4n) is 1.51. The molecule has 0 saturated heterocycles. The van der Waals surface area contributed by atoms with E-state index in [9.17, 15) is 4.79 Å². The third-order valence-electron chi connectivity index (χ3n) is 2.32. The van der Waals surface area contributed by atoms with Crippen LogP contribution in [0.1, 0.15) is 22.1 Å². The van der Waals surface area contributed by atoms with E-state index in [-0.39, 0.29) is 0 Å². The number of nitrogens with two attached hydrogens (primary N) is 2. The van der Waals surface area contributed by atoms with Gasteiger partial charge in [0.1, 0.15) is 0 Å². The lowest BCUT2D eigenvalue weighted by Crippen LogP contribution is -2.15. The predicted octanol–water partition coefficient (Wildman–Crippen LogP) is 0.671. The van der Waals surface area contributed by atoms with Crippen molar-refractivity contribution >= 4 is 17.3 Å². The Hall–Kier alpha value is -2.57. The standard InChI is InChI=1S/C11H13N5O2/c1-6-15-10(16-18-6)5-14-9-3-2-7(12)4-8(9)11(13)17/h2-4,14H,5,12H2,1H3,(H2,13,17). The molecule has 1 heterocycles. The number of anilines is 2. The van der Waals surface area contributed by atoms with Crippen molar-refractivity contribution in [1.29, 1.82) is 0 Å². The molecule has 7 heteroatoms. The van der Waals surface area contributed by atoms with Crippen LogP contribution in [0.5, 0.6) is 0 Å². The minimum absolute atomic E-state index is 0.329. The van der Waals surface area contributed by atoms with Crippen LogP contribution in [0.25, 0.3) is 0 Å². The van der Waals surface area contributed by atoms with Crippen LogP contribution in [-0.4, -0.2) is 16.0 Å². The van der Waals surface area contributed by atoms with Gasteiger partial charge < -0.3 is 21.3 Å². The Morgan fingerprint density at radius 3 is 2.89 bits per heavy atom. The first-order valence-electron chi connectivity index (χ1n) is 5.28. The van der Waals surface area contributed by atoms with E-state index in [0.717, 1.165) is 0 Å². The molecule has 0 spiro atoms. The molecule has 0 bridgehead atoms. The molecule has 2 aromatic rings. The Morgan fingerprint density at radius 2 is 2.28 bits per heavy atom. The summed E-state index contributed by atoms with van der Waals surface area (Å²) >= 11 is 0. The van der Waals surface area contributed by atoms with Crippen LogP contribution in [0.15, 0.2) is 22.7 Å². The van der Waals surface area contributed by atoms with E-state index in [1.165, 1.54) is 6.07 Å². The molecule has 0 aliphatic rings. The summed E-state index contributed by atoms with van der Waals surface area (Å²) < 4.78 is 4.84. The lowest BCUT2D eigenvalue weighted by atomic mass is 10.1. The van der Waals surface area contributed by atoms with E-state index in [0.29, 0.717) is 35.2 Å². The quantitative estimate of drug-likeness (QED) is 0.683. The molecule has 0 atom stereocenters. The zero-order valence-corrected chi connectivity index (χ0v) is 9.80. The molecule has 18 heavy (non-hydrogen) atoms. The first-order chi connectivity index (χ1) is 8.56. The highest BCUT2D eigenvalue weighted by Crippen LogP contribution is 2.18. The maximum atomic E-state index is 11.3. The number of carbonyl (C=O) groups excluding carboxylic acids is 1. The zero-order valence-electron chi connectivity index (χ0n) is 9.80. The van der Waals surface area contributed by atoms with Crippen molar-refractivity contribution in [3.05, 3.63) is 35.5 Å². The van der Waals surface area contributed by atoms with Crippen molar-refractivity contribution in [3.8, 4) is 0 Å². The van der Waals surface area contributed by atoms with Crippen molar-refractivity contribution in [1.82, 2.24) is 10.1 Å². The highest BCUT2D eigenvalue weighted by atomic mass is 16.5. The van der Waals surface area contributed by atoms with E-state index in [1.54, 1.807) is 19.1 Å². The van der Waals surface area contributed by atoms with E-state index >= 15 is 0 Å². The smallest absolute Gasteiger partial charge is 0.250 e. The summed E-state index contributed by atoms with van der Waals surface area (Å²) in [6.07, 6.45) is 0. The fraction of sp³-hybridized carbons (Fsp3) is 0.182. The van der Waals surface area contributed by atoms with Gasteiger partial charge in [-0.15, -0.1) is 0 Å². The Morgan fingerprint density at radius 1 is 1.50 bits per heavy atom. The topological polar surface area (TPSA) is 120 Å². The molecular weight excluding hydrogens is 234 g/mol. The number of nitrogen functional groups attached to an aromatic ring is 1. The second-order valence-corrected chi connectivity index (χ2v) is 3.75. The molecule has 0 saturated carbocycles. The first-order valence-corrected chi connectivity index (χ1v) is 5.28. The second kappa shape index (κ2) is 4.74. The monoisotopic (exact) mass is 247 g/mol. The maximum Gasteiger partial charge on any atom is 0.250 e. The number of aryl methyl sites for hydroxylation is 1. The number of aromatic nitrogens is 2. The fourth-order valence-corrected chi connectivity index (χ4v) is 1.51. The molecule has 1 aromatic carbocycles. The minimum Gasteiger partial charge on any atom is -0.399 e. The first kappa shape index (κ1) is 11.9. The average molecular weight is 247 g/mol. The van der Waals surface area contributed by atoms with Crippen molar-refractivity contribution < 1.29 is 9.32 Å². The van der Waals surface area contributed by atoms with E-state index in [4.69, 9.17) is 16.0 Å². The second-order valence-electron chi connectivity index (χ2n) is 3.75. The molecule has 1 amide bonds. The van der Waals surface area contributed by atoms with Crippen molar-refractivity contribution in [2.24, 2.45) is 5.73 Å². The third kappa shape index (κ3) is 2.57. The molecule has 0 unspecified atom stereocenters. The van der Waals surface area contributed by atoms with Gasteiger partial charge in [0.25, 0.3) is 5.91 Å². The van der Waals surface area contributed by atoms with Crippen LogP contribution in [0, 0.1) is 6.92 Å². The van der Waals surface area contributed by atoms with Gasteiger partial charge in [-0.3, -0.25) is 4.79 Å². The lowest BCUT2D eigenvalue weighted by Gasteiger charge is -2.08. The van der Waals surface area contributed by atoms with Crippen LogP contribution in [-0.2, 0) is 6.54 Å². The summed E-state index contributed by atoms with van der Waals surface area (Å²) in [7, 11) is 0. The van der Waals surface area contributed by atoms with Gasteiger partial charge in [0, 0.05) is 18.3 Å². The predicted molar refractivity (Wildman–Crippen MR) is 65.7 cm³/mol. The van der Waals surface area contributed by atoms with Crippen LogP contribution in [0.2, 0.25) is 0 Å². The number of nitrogens with zero attached hydrogens (tertiary/aromatic N) is 2. The Kier molecular flexibility index (Phi) is 3.13. The van der Waals surface area contributed by atoms with Gasteiger partial charge in [-0.25, -0.2) is 0 Å². The molecule has 0 aliphatic carbocycles. The van der Waals surface area contributed by atoms with Crippen molar-refractivity contribution in [2.75, 3.05) is 11.1 Å². The van der Waals surface area contributed by atoms with Crippen LogP contribution < -0.4 is 16.8 Å². The summed E-state index contributed by atoms with van der Waals surface area (Å²) in [5.41, 5.74) is 12.3. The molecular formula is C11H13N5O2. The molecule has 0 fully saturated rings. The minimum atomic E-state index is -0.547. The normalized spacial score (nSPS) is 10.3. The number of benzene rings is 1. The van der Waals surface area contributed by atoms with Crippen molar-refractivity contribution in [2.45, 2.75) is 13.5 Å². The van der Waals surface area contributed by atoms with E-state index in [1.807, 2.05) is 0 Å². The number of carbonyl (C=O) groups is 1. The summed E-state index contributed by atoms with van der Waals surface area (Å²) in [5, 5.41) is 6.74. The van der Waals surface area contributed by atoms with Gasteiger partial charge in [0.2, 0.25) is 5.89 Å².